The Bertz CT molecular complexity index is 592. The van der Waals surface area contributed by atoms with Crippen molar-refractivity contribution in [2.75, 3.05) is 11.6 Å². The van der Waals surface area contributed by atoms with E-state index < -0.39 is 0 Å². The summed E-state index contributed by atoms with van der Waals surface area (Å²) in [7, 11) is 1.92. The minimum absolute atomic E-state index is 0.414. The number of hydrogen-bond donors (Lipinski definition) is 2. The molecule has 0 bridgehead atoms. The Labute approximate surface area is 122 Å². The Morgan fingerprint density at radius 1 is 1.47 bits per heavy atom. The van der Waals surface area contributed by atoms with Gasteiger partial charge in [-0.15, -0.1) is 11.8 Å². The van der Waals surface area contributed by atoms with Crippen molar-refractivity contribution >= 4 is 34.7 Å². The van der Waals surface area contributed by atoms with Crippen LogP contribution >= 0.6 is 24.0 Å². The van der Waals surface area contributed by atoms with E-state index in [-0.39, 0.29) is 0 Å². The molecule has 0 unspecified atom stereocenters. The van der Waals surface area contributed by atoms with Gasteiger partial charge in [0.1, 0.15) is 4.99 Å². The van der Waals surface area contributed by atoms with Crippen LogP contribution in [0.1, 0.15) is 11.3 Å². The molecule has 1 aromatic carbocycles. The first kappa shape index (κ1) is 13.9. The van der Waals surface area contributed by atoms with E-state index in [1.807, 2.05) is 42.3 Å². The van der Waals surface area contributed by atoms with Crippen molar-refractivity contribution in [1.29, 1.82) is 0 Å². The molecule has 19 heavy (non-hydrogen) atoms. The molecule has 0 aliphatic heterocycles. The molecule has 2 rings (SSSR count). The second kappa shape index (κ2) is 6.08. The molecule has 0 atom stereocenters. The van der Waals surface area contributed by atoms with Gasteiger partial charge in [0.05, 0.1) is 12.2 Å². The van der Waals surface area contributed by atoms with E-state index in [4.69, 9.17) is 18.0 Å². The Balaban J connectivity index is 2.25. The second-order valence-electron chi connectivity index (χ2n) is 4.05. The number of aromatic nitrogens is 2. The average molecular weight is 292 g/mol. The highest BCUT2D eigenvalue weighted by Gasteiger charge is 2.10. The number of thiocarbonyl (C=S) groups is 1. The van der Waals surface area contributed by atoms with Crippen molar-refractivity contribution in [3.8, 4) is 0 Å². The van der Waals surface area contributed by atoms with E-state index in [2.05, 4.69) is 10.4 Å². The quantitative estimate of drug-likeness (QED) is 0.654. The number of nitrogens with two attached hydrogens (primary N) is 1. The Hall–Kier alpha value is -1.53. The van der Waals surface area contributed by atoms with Crippen LogP contribution in [0.5, 0.6) is 0 Å². The largest absolute Gasteiger partial charge is 0.389 e. The molecule has 3 N–H and O–H groups in total. The number of nitrogens with zero attached hydrogens (tertiary/aromatic N) is 2. The molecule has 100 valence electrons. The third kappa shape index (κ3) is 3.08. The zero-order valence-corrected chi connectivity index (χ0v) is 12.5. The first-order chi connectivity index (χ1) is 9.13. The van der Waals surface area contributed by atoms with Crippen LogP contribution in [0.3, 0.4) is 0 Å². The highest BCUT2D eigenvalue weighted by Crippen LogP contribution is 2.27. The number of aryl methyl sites for hydroxylation is 1. The summed E-state index contributed by atoms with van der Waals surface area (Å²) in [5.41, 5.74) is 8.80. The molecule has 0 fully saturated rings. The summed E-state index contributed by atoms with van der Waals surface area (Å²) in [6.07, 6.45) is 3.80. The van der Waals surface area contributed by atoms with E-state index >= 15 is 0 Å². The summed E-state index contributed by atoms with van der Waals surface area (Å²) >= 11 is 6.79. The lowest BCUT2D eigenvalue weighted by Gasteiger charge is -2.14. The summed E-state index contributed by atoms with van der Waals surface area (Å²) in [5.74, 6) is 0. The zero-order valence-electron chi connectivity index (χ0n) is 10.9. The monoisotopic (exact) mass is 292 g/mol. The van der Waals surface area contributed by atoms with Crippen LogP contribution in [0.25, 0.3) is 0 Å². The van der Waals surface area contributed by atoms with Crippen molar-refractivity contribution in [3.05, 3.63) is 41.7 Å². The van der Waals surface area contributed by atoms with Gasteiger partial charge in [0.2, 0.25) is 0 Å². The lowest BCUT2D eigenvalue weighted by Crippen LogP contribution is -2.15. The summed E-state index contributed by atoms with van der Waals surface area (Å²) in [4.78, 5) is 1.50. The van der Waals surface area contributed by atoms with Gasteiger partial charge in [0, 0.05) is 29.4 Å². The summed E-state index contributed by atoms with van der Waals surface area (Å²) < 4.78 is 1.84. The molecular weight excluding hydrogens is 276 g/mol. The number of rotatable bonds is 5. The second-order valence-corrected chi connectivity index (χ2v) is 5.33. The molecule has 1 aromatic heterocycles. The van der Waals surface area contributed by atoms with E-state index in [0.29, 0.717) is 11.5 Å². The van der Waals surface area contributed by atoms with Gasteiger partial charge >= 0.3 is 0 Å². The van der Waals surface area contributed by atoms with Gasteiger partial charge in [0.15, 0.2) is 0 Å². The number of benzene rings is 1. The molecule has 1 heterocycles. The van der Waals surface area contributed by atoms with Gasteiger partial charge in [-0.2, -0.15) is 5.10 Å². The van der Waals surface area contributed by atoms with Crippen molar-refractivity contribution in [2.24, 2.45) is 12.8 Å². The van der Waals surface area contributed by atoms with Crippen molar-refractivity contribution < 1.29 is 0 Å². The zero-order chi connectivity index (χ0) is 13.8. The van der Waals surface area contributed by atoms with Crippen LogP contribution in [0.4, 0.5) is 5.69 Å². The molecule has 0 saturated carbocycles. The molecule has 4 nitrogen and oxygen atoms in total. The normalized spacial score (nSPS) is 10.4. The van der Waals surface area contributed by atoms with Crippen molar-refractivity contribution in [2.45, 2.75) is 11.4 Å². The van der Waals surface area contributed by atoms with Crippen molar-refractivity contribution in [1.82, 2.24) is 9.78 Å². The van der Waals surface area contributed by atoms with Crippen LogP contribution in [0.15, 0.2) is 35.4 Å². The molecule has 0 radical (unpaired) electrons. The molecule has 6 heteroatoms. The fourth-order valence-corrected chi connectivity index (χ4v) is 2.79. The maximum Gasteiger partial charge on any atom is 0.107 e. The molecule has 0 aliphatic rings. The van der Waals surface area contributed by atoms with Crippen LogP contribution in [0, 0.1) is 0 Å². The molecule has 0 saturated heterocycles. The van der Waals surface area contributed by atoms with Gasteiger partial charge < -0.3 is 11.1 Å². The van der Waals surface area contributed by atoms with Crippen LogP contribution in [-0.2, 0) is 13.6 Å². The fraction of sp³-hybridized carbons (Fsp3) is 0.231. The van der Waals surface area contributed by atoms with E-state index in [1.165, 1.54) is 0 Å². The Morgan fingerprint density at radius 2 is 2.26 bits per heavy atom. The van der Waals surface area contributed by atoms with Gasteiger partial charge in [-0.1, -0.05) is 18.3 Å². The molecule has 0 aliphatic carbocycles. The molecule has 0 amide bonds. The first-order valence-corrected chi connectivity index (χ1v) is 7.44. The smallest absolute Gasteiger partial charge is 0.107 e. The summed E-state index contributed by atoms with van der Waals surface area (Å²) in [6, 6.07) is 7.99. The first-order valence-electron chi connectivity index (χ1n) is 5.81. The third-order valence-electron chi connectivity index (χ3n) is 2.87. The highest BCUT2D eigenvalue weighted by molar-refractivity contribution is 7.98. The minimum atomic E-state index is 0.414. The topological polar surface area (TPSA) is 55.9 Å². The third-order valence-corrected chi connectivity index (χ3v) is 3.86. The SMILES string of the molecule is CSc1cccc(NCc2ccnn2C)c1C(N)=S. The molecule has 2 aromatic rings. The Morgan fingerprint density at radius 3 is 2.84 bits per heavy atom. The number of hydrogen-bond acceptors (Lipinski definition) is 4. The van der Waals surface area contributed by atoms with Gasteiger partial charge in [-0.3, -0.25) is 4.68 Å². The van der Waals surface area contributed by atoms with E-state index in [0.717, 1.165) is 21.8 Å². The number of anilines is 1. The molecule has 0 spiro atoms. The fourth-order valence-electron chi connectivity index (χ4n) is 1.86. The average Bonchev–Trinajstić information content (AvgIpc) is 2.81. The predicted octanol–water partition coefficient (Wildman–Crippen LogP) is 2.39. The van der Waals surface area contributed by atoms with Crippen LogP contribution in [-0.4, -0.2) is 21.0 Å². The van der Waals surface area contributed by atoms with Gasteiger partial charge in [-0.25, -0.2) is 0 Å². The Kier molecular flexibility index (Phi) is 4.44. The predicted molar refractivity (Wildman–Crippen MR) is 84.6 cm³/mol. The van der Waals surface area contributed by atoms with Gasteiger partial charge in [-0.05, 0) is 24.5 Å². The van der Waals surface area contributed by atoms with Gasteiger partial charge in [0.25, 0.3) is 0 Å². The number of nitrogens with one attached hydrogen (secondary N) is 1. The standard InChI is InChI=1S/C13H16N4S2/c1-17-9(6-7-16-17)8-15-10-4-3-5-11(19-2)12(10)13(14)18/h3-7,15H,8H2,1-2H3,(H2,14,18). The number of thioether (sulfide) groups is 1. The van der Waals surface area contributed by atoms with E-state index in [9.17, 15) is 0 Å². The maximum absolute atomic E-state index is 5.83. The summed E-state index contributed by atoms with van der Waals surface area (Å²) in [6.45, 7) is 0.684. The maximum atomic E-state index is 5.83. The highest BCUT2D eigenvalue weighted by atomic mass is 32.2. The molecular formula is C13H16N4S2. The van der Waals surface area contributed by atoms with E-state index in [1.54, 1.807) is 18.0 Å². The lowest BCUT2D eigenvalue weighted by molar-refractivity contribution is 0.720. The summed E-state index contributed by atoms with van der Waals surface area (Å²) in [5, 5.41) is 7.51. The van der Waals surface area contributed by atoms with Crippen LogP contribution < -0.4 is 11.1 Å². The van der Waals surface area contributed by atoms with Crippen LogP contribution in [0.2, 0.25) is 0 Å². The lowest BCUT2D eigenvalue weighted by atomic mass is 10.1. The van der Waals surface area contributed by atoms with Crippen molar-refractivity contribution in [3.63, 3.8) is 0 Å². The minimum Gasteiger partial charge on any atom is -0.389 e.